The standard InChI is InChI=1S/C40H43N3O5/c1-3-48-34(44)22-17-26-15-19-29(20-16-26)41-39(46)40(23-9-10-24-40)42-37(45)28-18-21-32-33(25-28)43-36(35(32)27-11-5-4-6-12-27)30-13-7-8-14-31(30)38(43)47-2/h7-8,13-22,25,27,38H,3-6,9-12,23-24H2,1-2H3,(H,41,46)(H,42,45). The highest BCUT2D eigenvalue weighted by molar-refractivity contribution is 6.06. The summed E-state index contributed by atoms with van der Waals surface area (Å²) in [4.78, 5) is 39.5. The third-order valence-corrected chi connectivity index (χ3v) is 10.4. The molecule has 3 aliphatic rings. The van der Waals surface area contributed by atoms with Crippen molar-refractivity contribution in [1.29, 1.82) is 0 Å². The van der Waals surface area contributed by atoms with Gasteiger partial charge in [0.25, 0.3) is 5.91 Å². The van der Waals surface area contributed by atoms with E-state index in [9.17, 15) is 14.4 Å². The second-order valence-corrected chi connectivity index (χ2v) is 13.3. The molecule has 8 heteroatoms. The molecule has 1 atom stereocenters. The van der Waals surface area contributed by atoms with Gasteiger partial charge in [0.15, 0.2) is 6.23 Å². The first-order valence-corrected chi connectivity index (χ1v) is 17.3. The minimum absolute atomic E-state index is 0.220. The zero-order valence-corrected chi connectivity index (χ0v) is 27.7. The van der Waals surface area contributed by atoms with E-state index in [2.05, 4.69) is 45.5 Å². The molecule has 2 heterocycles. The molecule has 2 fully saturated rings. The van der Waals surface area contributed by atoms with Crippen LogP contribution in [0.15, 0.2) is 72.8 Å². The van der Waals surface area contributed by atoms with Gasteiger partial charge in [-0.3, -0.25) is 9.59 Å². The molecule has 0 spiro atoms. The van der Waals surface area contributed by atoms with Crippen LogP contribution in [0, 0.1) is 0 Å². The molecule has 0 saturated heterocycles. The Kier molecular flexibility index (Phi) is 8.92. The number of nitrogens with one attached hydrogen (secondary N) is 2. The molecule has 7 rings (SSSR count). The van der Waals surface area contributed by atoms with Gasteiger partial charge in [-0.05, 0) is 80.0 Å². The summed E-state index contributed by atoms with van der Waals surface area (Å²) >= 11 is 0. The van der Waals surface area contributed by atoms with Crippen molar-refractivity contribution >= 4 is 40.4 Å². The van der Waals surface area contributed by atoms with Crippen molar-refractivity contribution in [1.82, 2.24) is 9.88 Å². The normalized spacial score (nSPS) is 18.5. The van der Waals surface area contributed by atoms with E-state index in [1.165, 1.54) is 60.4 Å². The Morgan fingerprint density at radius 1 is 0.938 bits per heavy atom. The average Bonchev–Trinajstić information content (AvgIpc) is 3.81. The zero-order valence-electron chi connectivity index (χ0n) is 27.7. The van der Waals surface area contributed by atoms with E-state index in [4.69, 9.17) is 9.47 Å². The van der Waals surface area contributed by atoms with Gasteiger partial charge in [-0.2, -0.15) is 0 Å². The van der Waals surface area contributed by atoms with Crippen molar-refractivity contribution in [3.05, 3.63) is 95.1 Å². The van der Waals surface area contributed by atoms with Crippen LogP contribution in [0.3, 0.4) is 0 Å². The molecule has 2 saturated carbocycles. The van der Waals surface area contributed by atoms with Crippen molar-refractivity contribution in [3.8, 4) is 11.3 Å². The molecule has 2 amide bonds. The van der Waals surface area contributed by atoms with E-state index in [0.717, 1.165) is 29.5 Å². The number of amides is 2. The van der Waals surface area contributed by atoms with Crippen LogP contribution in [0.25, 0.3) is 28.2 Å². The van der Waals surface area contributed by atoms with Gasteiger partial charge < -0.3 is 24.7 Å². The van der Waals surface area contributed by atoms with Crippen molar-refractivity contribution in [3.63, 3.8) is 0 Å². The van der Waals surface area contributed by atoms with Crippen LogP contribution in [0.2, 0.25) is 0 Å². The predicted molar refractivity (Wildman–Crippen MR) is 188 cm³/mol. The number of hydrogen-bond donors (Lipinski definition) is 2. The summed E-state index contributed by atoms with van der Waals surface area (Å²) in [6.07, 6.45) is 11.7. The van der Waals surface area contributed by atoms with Gasteiger partial charge >= 0.3 is 5.97 Å². The van der Waals surface area contributed by atoms with Crippen molar-refractivity contribution in [2.45, 2.75) is 82.4 Å². The maximum atomic E-state index is 14.0. The third-order valence-electron chi connectivity index (χ3n) is 10.4. The van der Waals surface area contributed by atoms with Gasteiger partial charge in [-0.25, -0.2) is 4.79 Å². The minimum Gasteiger partial charge on any atom is -0.463 e. The molecule has 248 valence electrons. The number of nitrogens with zero attached hydrogens (tertiary/aromatic N) is 1. The molecule has 48 heavy (non-hydrogen) atoms. The van der Waals surface area contributed by atoms with Crippen LogP contribution >= 0.6 is 0 Å². The number of rotatable bonds is 9. The van der Waals surface area contributed by atoms with Gasteiger partial charge in [0.2, 0.25) is 5.91 Å². The van der Waals surface area contributed by atoms with Crippen LogP contribution in [0.1, 0.15) is 104 Å². The first kappa shape index (κ1) is 31.9. The van der Waals surface area contributed by atoms with Gasteiger partial charge in [0.05, 0.1) is 17.8 Å². The van der Waals surface area contributed by atoms with E-state index >= 15 is 0 Å². The number of esters is 1. The largest absolute Gasteiger partial charge is 0.463 e. The monoisotopic (exact) mass is 645 g/mol. The van der Waals surface area contributed by atoms with Crippen LogP contribution in [0.5, 0.6) is 0 Å². The minimum atomic E-state index is -1.01. The third kappa shape index (κ3) is 5.83. The maximum absolute atomic E-state index is 14.0. The van der Waals surface area contributed by atoms with E-state index in [1.54, 1.807) is 32.2 Å². The Labute approximate surface area is 281 Å². The number of ether oxygens (including phenoxy) is 2. The molecule has 2 aliphatic carbocycles. The van der Waals surface area contributed by atoms with Gasteiger partial charge in [0.1, 0.15) is 5.54 Å². The van der Waals surface area contributed by atoms with Crippen molar-refractivity contribution in [2.24, 2.45) is 0 Å². The fraction of sp³-hybridized carbons (Fsp3) is 0.375. The fourth-order valence-corrected chi connectivity index (χ4v) is 8.06. The Bertz CT molecular complexity index is 1880. The average molecular weight is 646 g/mol. The van der Waals surface area contributed by atoms with Crippen LogP contribution in [0.4, 0.5) is 5.69 Å². The molecule has 1 unspecified atom stereocenters. The molecule has 3 aromatic carbocycles. The van der Waals surface area contributed by atoms with Crippen molar-refractivity contribution < 1.29 is 23.9 Å². The van der Waals surface area contributed by atoms with Crippen LogP contribution < -0.4 is 10.6 Å². The van der Waals surface area contributed by atoms with Gasteiger partial charge in [0, 0.05) is 40.9 Å². The quantitative estimate of drug-likeness (QED) is 0.142. The molecular weight excluding hydrogens is 602 g/mol. The molecule has 4 aromatic rings. The molecule has 1 aromatic heterocycles. The van der Waals surface area contributed by atoms with Crippen molar-refractivity contribution in [2.75, 3.05) is 19.0 Å². The molecular formula is C40H43N3O5. The SMILES string of the molecule is CCOC(=O)C=Cc1ccc(NC(=O)C2(NC(=O)c3ccc4c(C5CCCCC5)c5n(c4c3)C(OC)c3ccccc3-5)CCCC2)cc1. The summed E-state index contributed by atoms with van der Waals surface area (Å²) in [5.41, 5.74) is 6.88. The Hall–Kier alpha value is -4.69. The van der Waals surface area contributed by atoms with Crippen LogP contribution in [-0.4, -0.2) is 41.6 Å². The van der Waals surface area contributed by atoms with Crippen LogP contribution in [-0.2, 0) is 19.1 Å². The summed E-state index contributed by atoms with van der Waals surface area (Å²) in [5.74, 6) is -0.411. The first-order chi connectivity index (χ1) is 23.4. The lowest BCUT2D eigenvalue weighted by Gasteiger charge is -2.29. The number of aromatic nitrogens is 1. The van der Waals surface area contributed by atoms with E-state index < -0.39 is 11.5 Å². The summed E-state index contributed by atoms with van der Waals surface area (Å²) in [6, 6.07) is 21.7. The Balaban J connectivity index is 1.16. The maximum Gasteiger partial charge on any atom is 0.330 e. The lowest BCUT2D eigenvalue weighted by atomic mass is 9.81. The molecule has 0 radical (unpaired) electrons. The smallest absolute Gasteiger partial charge is 0.330 e. The number of anilines is 1. The molecule has 2 N–H and O–H groups in total. The molecule has 0 bridgehead atoms. The molecule has 8 nitrogen and oxygen atoms in total. The lowest BCUT2D eigenvalue weighted by Crippen LogP contribution is -2.55. The number of carbonyl (C=O) groups excluding carboxylic acids is 3. The first-order valence-electron chi connectivity index (χ1n) is 17.3. The summed E-state index contributed by atoms with van der Waals surface area (Å²) in [5, 5.41) is 7.39. The summed E-state index contributed by atoms with van der Waals surface area (Å²) in [6.45, 7) is 2.08. The number of methoxy groups -OCH3 is 1. The van der Waals surface area contributed by atoms with Gasteiger partial charge in [-0.1, -0.05) is 74.6 Å². The highest BCUT2D eigenvalue weighted by Crippen LogP contribution is 2.51. The lowest BCUT2D eigenvalue weighted by molar-refractivity contribution is -0.137. The van der Waals surface area contributed by atoms with E-state index in [-0.39, 0.29) is 18.0 Å². The zero-order chi connectivity index (χ0) is 33.3. The number of carbonyl (C=O) groups is 3. The summed E-state index contributed by atoms with van der Waals surface area (Å²) < 4.78 is 13.3. The highest BCUT2D eigenvalue weighted by atomic mass is 16.5. The van der Waals surface area contributed by atoms with E-state index in [1.807, 2.05) is 24.3 Å². The fourth-order valence-electron chi connectivity index (χ4n) is 8.06. The second-order valence-electron chi connectivity index (χ2n) is 13.3. The van der Waals surface area contributed by atoms with Gasteiger partial charge in [-0.15, -0.1) is 0 Å². The number of fused-ring (bicyclic) bond motifs is 5. The highest BCUT2D eigenvalue weighted by Gasteiger charge is 2.43. The summed E-state index contributed by atoms with van der Waals surface area (Å²) in [7, 11) is 1.75. The number of hydrogen-bond acceptors (Lipinski definition) is 5. The topological polar surface area (TPSA) is 98.7 Å². The Morgan fingerprint density at radius 2 is 1.69 bits per heavy atom. The predicted octanol–water partition coefficient (Wildman–Crippen LogP) is 8.12. The molecule has 1 aliphatic heterocycles. The number of benzene rings is 3. The second kappa shape index (κ2) is 13.4. The van der Waals surface area contributed by atoms with E-state index in [0.29, 0.717) is 36.6 Å². The Morgan fingerprint density at radius 3 is 2.42 bits per heavy atom.